The fourth-order valence-electron chi connectivity index (χ4n) is 1.83. The minimum absolute atomic E-state index is 0.0908. The minimum atomic E-state index is -0.571. The summed E-state index contributed by atoms with van der Waals surface area (Å²) in [6.07, 6.45) is 1.35. The molecule has 2 aromatic rings. The third kappa shape index (κ3) is 4.61. The van der Waals surface area contributed by atoms with E-state index in [1.54, 1.807) is 0 Å². The van der Waals surface area contributed by atoms with Gasteiger partial charge in [0.15, 0.2) is 0 Å². The SMILES string of the molecule is O=Cc1ccc(C(=O)OCCOC(=O)c2ccc(C=O)cc2)cc1. The Balaban J connectivity index is 1.76. The molecule has 0 aromatic heterocycles. The largest absolute Gasteiger partial charge is 0.458 e. The second-order valence-corrected chi connectivity index (χ2v) is 4.75. The first-order chi connectivity index (χ1) is 11.6. The van der Waals surface area contributed by atoms with Crippen molar-refractivity contribution in [1.82, 2.24) is 0 Å². The summed E-state index contributed by atoms with van der Waals surface area (Å²) in [5.74, 6) is -1.14. The first-order valence-electron chi connectivity index (χ1n) is 7.09. The molecule has 2 rings (SSSR count). The van der Waals surface area contributed by atoms with Crippen LogP contribution in [-0.2, 0) is 9.47 Å². The predicted octanol–water partition coefficient (Wildman–Crippen LogP) is 2.33. The van der Waals surface area contributed by atoms with Crippen molar-refractivity contribution in [2.75, 3.05) is 13.2 Å². The number of hydrogen-bond donors (Lipinski definition) is 0. The topological polar surface area (TPSA) is 86.7 Å². The molecule has 0 atom stereocenters. The van der Waals surface area contributed by atoms with E-state index in [1.165, 1.54) is 48.5 Å². The number of hydrogen-bond acceptors (Lipinski definition) is 6. The van der Waals surface area contributed by atoms with Crippen molar-refractivity contribution in [2.45, 2.75) is 0 Å². The van der Waals surface area contributed by atoms with Gasteiger partial charge in [0.25, 0.3) is 0 Å². The molecule has 0 aliphatic rings. The van der Waals surface area contributed by atoms with Gasteiger partial charge in [0, 0.05) is 11.1 Å². The van der Waals surface area contributed by atoms with E-state index >= 15 is 0 Å². The molecule has 0 fully saturated rings. The van der Waals surface area contributed by atoms with E-state index in [4.69, 9.17) is 9.47 Å². The second kappa shape index (κ2) is 8.38. The van der Waals surface area contributed by atoms with E-state index in [1.807, 2.05) is 0 Å². The number of esters is 2. The zero-order chi connectivity index (χ0) is 17.4. The highest BCUT2D eigenvalue weighted by atomic mass is 16.6. The molecule has 0 aliphatic heterocycles. The van der Waals surface area contributed by atoms with Gasteiger partial charge in [-0.3, -0.25) is 9.59 Å². The van der Waals surface area contributed by atoms with Crippen molar-refractivity contribution in [3.8, 4) is 0 Å². The summed E-state index contributed by atoms with van der Waals surface area (Å²) in [5, 5.41) is 0. The van der Waals surface area contributed by atoms with Crippen molar-refractivity contribution < 1.29 is 28.7 Å². The molecule has 6 nitrogen and oxygen atoms in total. The first kappa shape index (κ1) is 17.1. The molecule has 0 radical (unpaired) electrons. The normalized spacial score (nSPS) is 9.83. The number of ether oxygens (including phenoxy) is 2. The van der Waals surface area contributed by atoms with Crippen LogP contribution in [0.3, 0.4) is 0 Å². The highest BCUT2D eigenvalue weighted by Gasteiger charge is 2.09. The zero-order valence-electron chi connectivity index (χ0n) is 12.6. The van der Waals surface area contributed by atoms with Gasteiger partial charge in [-0.15, -0.1) is 0 Å². The Morgan fingerprint density at radius 2 is 1.00 bits per heavy atom. The number of rotatable bonds is 7. The number of carbonyl (C=O) groups is 4. The number of aldehydes is 2. The maximum atomic E-state index is 11.7. The fourth-order valence-corrected chi connectivity index (χ4v) is 1.83. The second-order valence-electron chi connectivity index (χ2n) is 4.75. The molecule has 2 aromatic carbocycles. The van der Waals surface area contributed by atoms with Crippen LogP contribution in [0.25, 0.3) is 0 Å². The highest BCUT2D eigenvalue weighted by Crippen LogP contribution is 2.06. The molecule has 0 saturated carbocycles. The van der Waals surface area contributed by atoms with Crippen LogP contribution in [0.1, 0.15) is 41.4 Å². The smallest absolute Gasteiger partial charge is 0.338 e. The molecule has 0 aliphatic carbocycles. The molecule has 0 amide bonds. The molecule has 0 heterocycles. The van der Waals surface area contributed by atoms with Crippen LogP contribution < -0.4 is 0 Å². The summed E-state index contributed by atoms with van der Waals surface area (Å²) < 4.78 is 9.95. The zero-order valence-corrected chi connectivity index (χ0v) is 12.6. The Morgan fingerprint density at radius 1 is 0.667 bits per heavy atom. The van der Waals surface area contributed by atoms with Crippen molar-refractivity contribution >= 4 is 24.5 Å². The molecule has 24 heavy (non-hydrogen) atoms. The molecule has 122 valence electrons. The van der Waals surface area contributed by atoms with Crippen LogP contribution >= 0.6 is 0 Å². The number of carbonyl (C=O) groups excluding carboxylic acids is 4. The fraction of sp³-hybridized carbons (Fsp3) is 0.111. The van der Waals surface area contributed by atoms with E-state index in [0.717, 1.165) is 0 Å². The van der Waals surface area contributed by atoms with Crippen LogP contribution in [0.15, 0.2) is 48.5 Å². The van der Waals surface area contributed by atoms with Crippen molar-refractivity contribution in [3.63, 3.8) is 0 Å². The predicted molar refractivity (Wildman–Crippen MR) is 84.2 cm³/mol. The Kier molecular flexibility index (Phi) is 5.96. The Labute approximate surface area is 138 Å². The van der Waals surface area contributed by atoms with E-state index in [0.29, 0.717) is 34.8 Å². The average Bonchev–Trinajstić information content (AvgIpc) is 2.65. The van der Waals surface area contributed by atoms with E-state index < -0.39 is 11.9 Å². The van der Waals surface area contributed by atoms with Crippen LogP contribution in [0.5, 0.6) is 0 Å². The third-order valence-electron chi connectivity index (χ3n) is 3.11. The lowest BCUT2D eigenvalue weighted by atomic mass is 10.1. The molecule has 0 saturated heterocycles. The van der Waals surface area contributed by atoms with E-state index in [2.05, 4.69) is 0 Å². The first-order valence-corrected chi connectivity index (χ1v) is 7.09. The Bertz CT molecular complexity index is 666. The maximum Gasteiger partial charge on any atom is 0.338 e. The summed E-state index contributed by atoms with van der Waals surface area (Å²) in [7, 11) is 0. The van der Waals surface area contributed by atoms with Gasteiger partial charge < -0.3 is 9.47 Å². The lowest BCUT2D eigenvalue weighted by Crippen LogP contribution is -2.14. The number of benzene rings is 2. The van der Waals surface area contributed by atoms with Crippen LogP contribution in [0.4, 0.5) is 0 Å². The van der Waals surface area contributed by atoms with Crippen LogP contribution in [0.2, 0.25) is 0 Å². The summed E-state index contributed by atoms with van der Waals surface area (Å²) in [4.78, 5) is 44.6. The van der Waals surface area contributed by atoms with Gasteiger partial charge in [0.1, 0.15) is 25.8 Å². The van der Waals surface area contributed by atoms with Crippen LogP contribution in [-0.4, -0.2) is 37.7 Å². The van der Waals surface area contributed by atoms with Gasteiger partial charge in [-0.2, -0.15) is 0 Å². The summed E-state index contributed by atoms with van der Waals surface area (Å²) in [6.45, 7) is -0.182. The average molecular weight is 326 g/mol. The lowest BCUT2D eigenvalue weighted by molar-refractivity contribution is 0.0265. The van der Waals surface area contributed by atoms with Gasteiger partial charge in [0.2, 0.25) is 0 Å². The maximum absolute atomic E-state index is 11.7. The summed E-state index contributed by atoms with van der Waals surface area (Å²) >= 11 is 0. The van der Waals surface area contributed by atoms with Gasteiger partial charge in [-0.05, 0) is 24.3 Å². The molecule has 6 heteroatoms. The van der Waals surface area contributed by atoms with E-state index in [-0.39, 0.29) is 13.2 Å². The van der Waals surface area contributed by atoms with E-state index in [9.17, 15) is 19.2 Å². The third-order valence-corrected chi connectivity index (χ3v) is 3.11. The van der Waals surface area contributed by atoms with Gasteiger partial charge in [0.05, 0.1) is 11.1 Å². The van der Waals surface area contributed by atoms with Gasteiger partial charge in [-0.25, -0.2) is 9.59 Å². The van der Waals surface area contributed by atoms with Gasteiger partial charge in [-0.1, -0.05) is 24.3 Å². The molecule has 0 spiro atoms. The molecular weight excluding hydrogens is 312 g/mol. The highest BCUT2D eigenvalue weighted by molar-refractivity contribution is 5.91. The summed E-state index contributed by atoms with van der Waals surface area (Å²) in [5.41, 5.74) is 1.52. The van der Waals surface area contributed by atoms with Crippen molar-refractivity contribution in [2.24, 2.45) is 0 Å². The standard InChI is InChI=1S/C18H14O6/c19-11-13-1-5-15(6-2-13)17(21)23-9-10-24-18(22)16-7-3-14(12-20)4-8-16/h1-8,11-12H,9-10H2. The molecule has 0 N–H and O–H groups in total. The minimum Gasteiger partial charge on any atom is -0.458 e. The van der Waals surface area contributed by atoms with Crippen molar-refractivity contribution in [3.05, 3.63) is 70.8 Å². The van der Waals surface area contributed by atoms with Crippen LogP contribution in [0, 0.1) is 0 Å². The monoisotopic (exact) mass is 326 g/mol. The summed E-state index contributed by atoms with van der Waals surface area (Å²) in [6, 6.07) is 11.9. The van der Waals surface area contributed by atoms with Gasteiger partial charge >= 0.3 is 11.9 Å². The molecule has 0 unspecified atom stereocenters. The molecule has 0 bridgehead atoms. The lowest BCUT2D eigenvalue weighted by Gasteiger charge is -2.07. The quantitative estimate of drug-likeness (QED) is 0.441. The Hall–Kier alpha value is -3.28. The Morgan fingerprint density at radius 3 is 1.29 bits per heavy atom. The molecular formula is C18H14O6. The van der Waals surface area contributed by atoms with Crippen molar-refractivity contribution in [1.29, 1.82) is 0 Å².